The van der Waals surface area contributed by atoms with Crippen molar-refractivity contribution in [2.24, 2.45) is 7.05 Å². The smallest absolute Gasteiger partial charge is 0.251 e. The van der Waals surface area contributed by atoms with Gasteiger partial charge in [0.2, 0.25) is 5.91 Å². The van der Waals surface area contributed by atoms with Gasteiger partial charge in [-0.05, 0) is 35.7 Å². The fraction of sp³-hybridized carbons (Fsp3) is 0.250. The van der Waals surface area contributed by atoms with Crippen molar-refractivity contribution in [3.05, 3.63) is 101 Å². The molecule has 4 aromatic rings. The number of likely N-dealkylation sites (N-methyl/N-ethyl adjacent to an activating group) is 1. The predicted octanol–water partition coefficient (Wildman–Crippen LogP) is 3.21. The number of hydrogen-bond acceptors (Lipinski definition) is 4. The highest BCUT2D eigenvalue weighted by Crippen LogP contribution is 2.37. The van der Waals surface area contributed by atoms with E-state index < -0.39 is 5.60 Å². The van der Waals surface area contributed by atoms with E-state index in [0.29, 0.717) is 47.4 Å². The van der Waals surface area contributed by atoms with Crippen LogP contribution in [0.5, 0.6) is 0 Å². The normalized spacial score (nSPS) is 16.5. The molecule has 0 saturated carbocycles. The maximum Gasteiger partial charge on any atom is 0.251 e. The quantitative estimate of drug-likeness (QED) is 0.471. The molecule has 7 heteroatoms. The number of carbonyl (C=O) groups excluding carboxylic acids is 2. The van der Waals surface area contributed by atoms with Crippen LogP contribution < -0.4 is 5.32 Å². The van der Waals surface area contributed by atoms with Crippen molar-refractivity contribution in [2.75, 3.05) is 13.6 Å². The lowest BCUT2D eigenvalue weighted by Crippen LogP contribution is -2.48. The minimum absolute atomic E-state index is 0.0794. The van der Waals surface area contributed by atoms with Gasteiger partial charge in [-0.3, -0.25) is 9.59 Å². The molecule has 1 aromatic heterocycles. The molecule has 2 amide bonds. The van der Waals surface area contributed by atoms with E-state index >= 15 is 0 Å². The zero-order valence-corrected chi connectivity index (χ0v) is 19.8. The van der Waals surface area contributed by atoms with Crippen molar-refractivity contribution in [1.82, 2.24) is 19.8 Å². The van der Waals surface area contributed by atoms with Crippen molar-refractivity contribution >= 4 is 22.8 Å². The topological polar surface area (TPSA) is 87.5 Å². The average Bonchev–Trinajstić information content (AvgIpc) is 3.23. The van der Waals surface area contributed by atoms with Crippen LogP contribution in [0.1, 0.15) is 40.2 Å². The van der Waals surface area contributed by atoms with Crippen LogP contribution in [0.4, 0.5) is 0 Å². The van der Waals surface area contributed by atoms with Gasteiger partial charge < -0.3 is 19.9 Å². The van der Waals surface area contributed by atoms with Crippen LogP contribution in [-0.2, 0) is 17.4 Å². The van der Waals surface area contributed by atoms with Gasteiger partial charge in [0.25, 0.3) is 5.91 Å². The summed E-state index contributed by atoms with van der Waals surface area (Å²) < 4.78 is 1.85. The Hall–Kier alpha value is -3.97. The monoisotopic (exact) mass is 468 g/mol. The standard InChI is InChI=1S/C28H28N4O3/c1-31-18-22(14-16-25(31)33)29-26(34)19-13-15-23-24(17-19)32(2)27(30-23)28(35,20-9-5-3-6-10-20)21-11-7-4-8-12-21/h3-13,15,17,22,35H,14,16,18H2,1-2H3,(H,29,34)/t22-/m1/s1. The summed E-state index contributed by atoms with van der Waals surface area (Å²) in [6.45, 7) is 0.504. The number of aliphatic hydroxyl groups is 1. The number of hydrogen-bond donors (Lipinski definition) is 2. The molecule has 0 bridgehead atoms. The number of nitrogens with zero attached hydrogens (tertiary/aromatic N) is 3. The number of likely N-dealkylation sites (tertiary alicyclic amines) is 1. The average molecular weight is 469 g/mol. The van der Waals surface area contributed by atoms with E-state index in [4.69, 9.17) is 4.98 Å². The van der Waals surface area contributed by atoms with Crippen LogP contribution in [0.25, 0.3) is 11.0 Å². The minimum Gasteiger partial charge on any atom is -0.373 e. The van der Waals surface area contributed by atoms with Gasteiger partial charge in [0.1, 0.15) is 0 Å². The number of aromatic nitrogens is 2. The molecule has 1 atom stereocenters. The third kappa shape index (κ3) is 4.08. The molecule has 2 heterocycles. The highest BCUT2D eigenvalue weighted by Gasteiger charge is 2.38. The number of amides is 2. The number of benzene rings is 3. The molecule has 0 spiro atoms. The third-order valence-corrected chi connectivity index (χ3v) is 6.81. The first-order valence-corrected chi connectivity index (χ1v) is 11.7. The largest absolute Gasteiger partial charge is 0.373 e. The minimum atomic E-state index is -1.47. The summed E-state index contributed by atoms with van der Waals surface area (Å²) in [7, 11) is 3.61. The van der Waals surface area contributed by atoms with Crippen molar-refractivity contribution < 1.29 is 14.7 Å². The maximum atomic E-state index is 13.0. The number of piperidine rings is 1. The summed E-state index contributed by atoms with van der Waals surface area (Å²) in [4.78, 5) is 31.2. The number of rotatable bonds is 5. The van der Waals surface area contributed by atoms with E-state index in [2.05, 4.69) is 5.32 Å². The SMILES string of the molecule is CN1C[C@H](NC(=O)c2ccc3nc(C(O)(c4ccccc4)c4ccccc4)n(C)c3c2)CCC1=O. The number of nitrogens with one attached hydrogen (secondary N) is 1. The van der Waals surface area contributed by atoms with Crippen LogP contribution in [0, 0.1) is 0 Å². The van der Waals surface area contributed by atoms with Gasteiger partial charge in [0.15, 0.2) is 11.4 Å². The Morgan fingerprint density at radius 2 is 1.63 bits per heavy atom. The molecule has 1 saturated heterocycles. The molecular weight excluding hydrogens is 440 g/mol. The van der Waals surface area contributed by atoms with Gasteiger partial charge in [-0.15, -0.1) is 0 Å². The molecule has 1 aliphatic heterocycles. The van der Waals surface area contributed by atoms with Crippen molar-refractivity contribution in [3.8, 4) is 0 Å². The van der Waals surface area contributed by atoms with Crippen LogP contribution in [-0.4, -0.2) is 51.0 Å². The highest BCUT2D eigenvalue weighted by atomic mass is 16.3. The van der Waals surface area contributed by atoms with E-state index in [-0.39, 0.29) is 17.9 Å². The Kier molecular flexibility index (Phi) is 5.86. The molecule has 5 rings (SSSR count). The van der Waals surface area contributed by atoms with Gasteiger partial charge >= 0.3 is 0 Å². The molecule has 7 nitrogen and oxygen atoms in total. The first kappa shape index (κ1) is 22.8. The molecule has 35 heavy (non-hydrogen) atoms. The number of fused-ring (bicyclic) bond motifs is 1. The molecular formula is C28H28N4O3. The molecule has 3 aromatic carbocycles. The Bertz CT molecular complexity index is 1340. The molecule has 178 valence electrons. The van der Waals surface area contributed by atoms with Gasteiger partial charge in [-0.25, -0.2) is 4.98 Å². The number of carbonyl (C=O) groups is 2. The molecule has 0 aliphatic carbocycles. The van der Waals surface area contributed by atoms with E-state index in [1.54, 1.807) is 30.1 Å². The first-order valence-electron chi connectivity index (χ1n) is 11.7. The summed E-state index contributed by atoms with van der Waals surface area (Å²) >= 11 is 0. The number of aryl methyl sites for hydroxylation is 1. The third-order valence-electron chi connectivity index (χ3n) is 6.81. The summed E-state index contributed by atoms with van der Waals surface area (Å²) in [5.41, 5.74) is 1.88. The van der Waals surface area contributed by atoms with Gasteiger partial charge in [-0.2, -0.15) is 0 Å². The summed E-state index contributed by atoms with van der Waals surface area (Å²) in [5, 5.41) is 15.2. The Morgan fingerprint density at radius 1 is 1.00 bits per heavy atom. The zero-order chi connectivity index (χ0) is 24.6. The molecule has 1 aliphatic rings. The lowest BCUT2D eigenvalue weighted by Gasteiger charge is -2.30. The first-order chi connectivity index (χ1) is 16.9. The Morgan fingerprint density at radius 3 is 2.23 bits per heavy atom. The fourth-order valence-corrected chi connectivity index (χ4v) is 4.84. The number of imidazole rings is 1. The second kappa shape index (κ2) is 9.00. The van der Waals surface area contributed by atoms with Crippen LogP contribution in [0.15, 0.2) is 78.9 Å². The van der Waals surface area contributed by atoms with Crippen LogP contribution in [0.3, 0.4) is 0 Å². The van der Waals surface area contributed by atoms with Gasteiger partial charge in [0.05, 0.1) is 11.0 Å². The summed E-state index contributed by atoms with van der Waals surface area (Å²) in [5.74, 6) is 0.377. The molecule has 2 N–H and O–H groups in total. The van der Waals surface area contributed by atoms with E-state index in [1.807, 2.05) is 72.3 Å². The second-order valence-electron chi connectivity index (χ2n) is 9.12. The van der Waals surface area contributed by atoms with Crippen molar-refractivity contribution in [1.29, 1.82) is 0 Å². The summed E-state index contributed by atoms with van der Waals surface area (Å²) in [6.07, 6.45) is 1.07. The molecule has 0 unspecified atom stereocenters. The lowest BCUT2D eigenvalue weighted by atomic mass is 9.85. The fourth-order valence-electron chi connectivity index (χ4n) is 4.84. The van der Waals surface area contributed by atoms with E-state index in [1.165, 1.54) is 0 Å². The van der Waals surface area contributed by atoms with Gasteiger partial charge in [0, 0.05) is 38.7 Å². The Balaban J connectivity index is 1.53. The van der Waals surface area contributed by atoms with Crippen molar-refractivity contribution in [2.45, 2.75) is 24.5 Å². The predicted molar refractivity (Wildman–Crippen MR) is 134 cm³/mol. The van der Waals surface area contributed by atoms with Crippen molar-refractivity contribution in [3.63, 3.8) is 0 Å². The molecule has 0 radical (unpaired) electrons. The lowest BCUT2D eigenvalue weighted by molar-refractivity contribution is -0.132. The highest BCUT2D eigenvalue weighted by molar-refractivity contribution is 5.97. The summed E-state index contributed by atoms with van der Waals surface area (Å²) in [6, 6.07) is 24.2. The Labute approximate surface area is 204 Å². The van der Waals surface area contributed by atoms with Crippen LogP contribution in [0.2, 0.25) is 0 Å². The van der Waals surface area contributed by atoms with E-state index in [0.717, 1.165) is 5.52 Å². The zero-order valence-electron chi connectivity index (χ0n) is 19.8. The molecule has 1 fully saturated rings. The van der Waals surface area contributed by atoms with Gasteiger partial charge in [-0.1, -0.05) is 60.7 Å². The van der Waals surface area contributed by atoms with E-state index in [9.17, 15) is 14.7 Å². The van der Waals surface area contributed by atoms with Crippen LogP contribution >= 0.6 is 0 Å². The second-order valence-corrected chi connectivity index (χ2v) is 9.12. The maximum absolute atomic E-state index is 13.0.